The van der Waals surface area contributed by atoms with E-state index in [1.165, 1.54) is 18.2 Å². The van der Waals surface area contributed by atoms with Gasteiger partial charge in [0.15, 0.2) is 6.71 Å². The van der Waals surface area contributed by atoms with Crippen molar-refractivity contribution in [2.75, 3.05) is 0 Å². The minimum Gasteiger partial charge on any atom is -0.207 e. The number of hydrogen-bond acceptors (Lipinski definition) is 0. The molecule has 0 heterocycles. The van der Waals surface area contributed by atoms with E-state index >= 15 is 0 Å². The summed E-state index contributed by atoms with van der Waals surface area (Å²) < 4.78 is 13.0. The molecule has 76 valence electrons. The minimum absolute atomic E-state index is 0.116. The maximum atomic E-state index is 13.0. The molecule has 0 spiro atoms. The molecule has 0 saturated heterocycles. The highest BCUT2D eigenvalue weighted by atomic mass is 19.1. The second kappa shape index (κ2) is 5.18. The van der Waals surface area contributed by atoms with Gasteiger partial charge in [0.1, 0.15) is 5.82 Å². The lowest BCUT2D eigenvalue weighted by Crippen LogP contribution is -2.29. The molecule has 1 aromatic carbocycles. The zero-order valence-electron chi connectivity index (χ0n) is 9.31. The minimum atomic E-state index is -0.116. The van der Waals surface area contributed by atoms with Crippen LogP contribution in [0.1, 0.15) is 25.8 Å². The summed E-state index contributed by atoms with van der Waals surface area (Å²) in [5, 5.41) is 0. The normalized spacial score (nSPS) is 10.3. The summed E-state index contributed by atoms with van der Waals surface area (Å²) in [6.45, 7) is 7.04. The van der Waals surface area contributed by atoms with Crippen LogP contribution < -0.4 is 5.46 Å². The van der Waals surface area contributed by atoms with Crippen molar-refractivity contribution in [3.8, 4) is 0 Å². The molecular formula is C12H18BF. The van der Waals surface area contributed by atoms with E-state index in [2.05, 4.69) is 20.7 Å². The highest BCUT2D eigenvalue weighted by Crippen LogP contribution is 2.06. The summed E-state index contributed by atoms with van der Waals surface area (Å²) in [6, 6.07) is 5.18. The van der Waals surface area contributed by atoms with Crippen LogP contribution in [0.5, 0.6) is 0 Å². The topological polar surface area (TPSA) is 0 Å². The summed E-state index contributed by atoms with van der Waals surface area (Å²) in [6.07, 6.45) is 3.28. The zero-order valence-corrected chi connectivity index (χ0v) is 9.31. The lowest BCUT2D eigenvalue weighted by atomic mass is 9.43. The lowest BCUT2D eigenvalue weighted by molar-refractivity contribution is 0.626. The fraction of sp³-hybridized carbons (Fsp3) is 0.500. The fourth-order valence-electron chi connectivity index (χ4n) is 1.95. The third-order valence-electron chi connectivity index (χ3n) is 2.74. The molecule has 1 rings (SSSR count). The second-order valence-electron chi connectivity index (χ2n) is 3.89. The number of aryl methyl sites for hydroxylation is 1. The Hall–Kier alpha value is -0.785. The van der Waals surface area contributed by atoms with Crippen molar-refractivity contribution in [3.05, 3.63) is 29.6 Å². The molecule has 0 bridgehead atoms. The van der Waals surface area contributed by atoms with Gasteiger partial charge in [-0.1, -0.05) is 50.5 Å². The first-order chi connectivity index (χ1) is 6.69. The molecule has 1 aromatic rings. The highest BCUT2D eigenvalue weighted by Gasteiger charge is 2.12. The molecule has 0 N–H and O–H groups in total. The van der Waals surface area contributed by atoms with Gasteiger partial charge in [0, 0.05) is 0 Å². The van der Waals surface area contributed by atoms with Gasteiger partial charge < -0.3 is 0 Å². The Morgan fingerprint density at radius 3 is 2.57 bits per heavy atom. The molecule has 0 aliphatic rings. The Morgan fingerprint density at radius 2 is 2.00 bits per heavy atom. The molecule has 0 aliphatic carbocycles. The van der Waals surface area contributed by atoms with Crippen molar-refractivity contribution in [2.24, 2.45) is 0 Å². The first kappa shape index (κ1) is 11.3. The molecule has 0 amide bonds. The van der Waals surface area contributed by atoms with Crippen LogP contribution in [0.15, 0.2) is 18.2 Å². The molecule has 2 heteroatoms. The van der Waals surface area contributed by atoms with Crippen molar-refractivity contribution >= 4 is 12.2 Å². The molecule has 0 atom stereocenters. The van der Waals surface area contributed by atoms with Gasteiger partial charge >= 0.3 is 0 Å². The average molecular weight is 192 g/mol. The predicted octanol–water partition coefficient (Wildman–Crippen LogP) is 3.13. The second-order valence-corrected chi connectivity index (χ2v) is 3.89. The molecule has 0 aliphatic heterocycles. The predicted molar refractivity (Wildman–Crippen MR) is 62.1 cm³/mol. The van der Waals surface area contributed by atoms with Gasteiger partial charge in [-0.3, -0.25) is 0 Å². The van der Waals surface area contributed by atoms with Gasteiger partial charge in [-0.15, -0.1) is 0 Å². The quantitative estimate of drug-likeness (QED) is 0.643. The maximum absolute atomic E-state index is 13.0. The summed E-state index contributed by atoms with van der Waals surface area (Å²) in [5.41, 5.74) is 2.47. The first-order valence-corrected chi connectivity index (χ1v) is 5.47. The van der Waals surface area contributed by atoms with Crippen molar-refractivity contribution in [1.82, 2.24) is 0 Å². The third-order valence-corrected chi connectivity index (χ3v) is 2.74. The molecule has 0 nitrogen and oxygen atoms in total. The molecule has 0 aromatic heterocycles. The van der Waals surface area contributed by atoms with Crippen molar-refractivity contribution < 1.29 is 4.39 Å². The average Bonchev–Trinajstić information content (AvgIpc) is 2.17. The van der Waals surface area contributed by atoms with E-state index in [0.29, 0.717) is 6.71 Å². The van der Waals surface area contributed by atoms with Gasteiger partial charge in [0.25, 0.3) is 0 Å². The van der Waals surface area contributed by atoms with Crippen LogP contribution in [-0.2, 0) is 6.42 Å². The molecule has 0 saturated carbocycles. The standard InChI is InChI=1S/C12H18BF/c1-4-8-13(3)12-7-6-11(14)9-10(12)5-2/h6-7,9H,4-5,8H2,1-3H3. The SMILES string of the molecule is CCCB(C)c1ccc(F)cc1CC. The van der Waals surface area contributed by atoms with Gasteiger partial charge in [-0.25, -0.2) is 4.39 Å². The van der Waals surface area contributed by atoms with E-state index in [1.807, 2.05) is 6.07 Å². The molecule has 0 radical (unpaired) electrons. The van der Waals surface area contributed by atoms with Crippen LogP contribution in [0.4, 0.5) is 4.39 Å². The summed E-state index contributed by atoms with van der Waals surface area (Å²) in [5.74, 6) is -0.116. The summed E-state index contributed by atoms with van der Waals surface area (Å²) in [4.78, 5) is 0. The fourth-order valence-corrected chi connectivity index (χ4v) is 1.95. The van der Waals surface area contributed by atoms with Crippen LogP contribution in [0, 0.1) is 5.82 Å². The molecular weight excluding hydrogens is 174 g/mol. The van der Waals surface area contributed by atoms with E-state index in [0.717, 1.165) is 12.0 Å². The van der Waals surface area contributed by atoms with Gasteiger partial charge in [-0.2, -0.15) is 0 Å². The van der Waals surface area contributed by atoms with Crippen LogP contribution >= 0.6 is 0 Å². The lowest BCUT2D eigenvalue weighted by Gasteiger charge is -2.12. The van der Waals surface area contributed by atoms with Crippen molar-refractivity contribution in [3.63, 3.8) is 0 Å². The Balaban J connectivity index is 2.95. The maximum Gasteiger partial charge on any atom is 0.173 e. The van der Waals surface area contributed by atoms with Gasteiger partial charge in [-0.05, 0) is 18.6 Å². The first-order valence-electron chi connectivity index (χ1n) is 5.47. The number of rotatable bonds is 4. The zero-order chi connectivity index (χ0) is 10.6. The Morgan fingerprint density at radius 1 is 1.29 bits per heavy atom. The Bertz CT molecular complexity index is 296. The molecule has 14 heavy (non-hydrogen) atoms. The summed E-state index contributed by atoms with van der Waals surface area (Å²) >= 11 is 0. The molecule has 0 fully saturated rings. The number of hydrogen-bond donors (Lipinski definition) is 0. The van der Waals surface area contributed by atoms with Crippen LogP contribution in [0.2, 0.25) is 13.1 Å². The van der Waals surface area contributed by atoms with Crippen LogP contribution in [0.25, 0.3) is 0 Å². The van der Waals surface area contributed by atoms with E-state index in [4.69, 9.17) is 0 Å². The van der Waals surface area contributed by atoms with Crippen molar-refractivity contribution in [1.29, 1.82) is 0 Å². The van der Waals surface area contributed by atoms with E-state index in [1.54, 1.807) is 12.1 Å². The van der Waals surface area contributed by atoms with Crippen molar-refractivity contribution in [2.45, 2.75) is 39.8 Å². The number of halogens is 1. The van der Waals surface area contributed by atoms with Gasteiger partial charge in [0.05, 0.1) is 0 Å². The highest BCUT2D eigenvalue weighted by molar-refractivity contribution is 6.72. The van der Waals surface area contributed by atoms with Crippen LogP contribution in [-0.4, -0.2) is 6.71 Å². The van der Waals surface area contributed by atoms with Gasteiger partial charge in [0.2, 0.25) is 0 Å². The molecule has 0 unspecified atom stereocenters. The number of benzene rings is 1. The van der Waals surface area contributed by atoms with E-state index in [9.17, 15) is 4.39 Å². The van der Waals surface area contributed by atoms with Crippen LogP contribution in [0.3, 0.4) is 0 Å². The Labute approximate surface area is 86.6 Å². The van der Waals surface area contributed by atoms with E-state index in [-0.39, 0.29) is 5.82 Å². The largest absolute Gasteiger partial charge is 0.207 e. The summed E-state index contributed by atoms with van der Waals surface area (Å²) in [7, 11) is 0. The monoisotopic (exact) mass is 192 g/mol. The smallest absolute Gasteiger partial charge is 0.173 e. The Kier molecular flexibility index (Phi) is 4.18. The van der Waals surface area contributed by atoms with E-state index < -0.39 is 0 Å². The third kappa shape index (κ3) is 2.60.